The van der Waals surface area contributed by atoms with Crippen molar-refractivity contribution in [3.05, 3.63) is 49.1 Å². The van der Waals surface area contributed by atoms with Crippen LogP contribution >= 0.6 is 0 Å². The van der Waals surface area contributed by atoms with E-state index in [9.17, 15) is 0 Å². The highest BCUT2D eigenvalue weighted by molar-refractivity contribution is 5.60. The van der Waals surface area contributed by atoms with Gasteiger partial charge in [0.05, 0.1) is 0 Å². The van der Waals surface area contributed by atoms with E-state index in [1.165, 1.54) is 11.3 Å². The van der Waals surface area contributed by atoms with E-state index >= 15 is 0 Å². The molecule has 3 nitrogen and oxygen atoms in total. The minimum absolute atomic E-state index is 0.410. The predicted octanol–water partition coefficient (Wildman–Crippen LogP) is 2.94. The number of allylic oxidation sites excluding steroid dienone is 1. The van der Waals surface area contributed by atoms with Crippen molar-refractivity contribution < 1.29 is 0 Å². The highest BCUT2D eigenvalue weighted by atomic mass is 15.4. The zero-order valence-corrected chi connectivity index (χ0v) is 11.0. The molecular formula is C15H19N3. The fourth-order valence-electron chi connectivity index (χ4n) is 3.27. The van der Waals surface area contributed by atoms with Crippen LogP contribution in [0.3, 0.4) is 0 Å². The predicted molar refractivity (Wildman–Crippen MR) is 74.1 cm³/mol. The van der Waals surface area contributed by atoms with E-state index in [1.807, 2.05) is 18.5 Å². The van der Waals surface area contributed by atoms with Gasteiger partial charge in [0.1, 0.15) is 6.17 Å². The molecule has 2 aliphatic rings. The van der Waals surface area contributed by atoms with Crippen molar-refractivity contribution in [2.75, 3.05) is 11.9 Å². The number of nitrogens with zero attached hydrogens (tertiary/aromatic N) is 3. The topological polar surface area (TPSA) is 19.4 Å². The van der Waals surface area contributed by atoms with Gasteiger partial charge >= 0.3 is 0 Å². The molecule has 18 heavy (non-hydrogen) atoms. The molecule has 0 radical (unpaired) electrons. The van der Waals surface area contributed by atoms with Crippen LogP contribution in [0, 0.1) is 5.92 Å². The van der Waals surface area contributed by atoms with E-state index in [0.29, 0.717) is 18.0 Å². The number of hydrogen-bond acceptors (Lipinski definition) is 3. The van der Waals surface area contributed by atoms with Gasteiger partial charge in [0.2, 0.25) is 0 Å². The van der Waals surface area contributed by atoms with E-state index in [0.717, 1.165) is 6.42 Å². The van der Waals surface area contributed by atoms with Gasteiger partial charge in [-0.05, 0) is 24.0 Å². The second-order valence-electron chi connectivity index (χ2n) is 5.20. The van der Waals surface area contributed by atoms with Crippen molar-refractivity contribution in [3.63, 3.8) is 0 Å². The van der Waals surface area contributed by atoms with Crippen molar-refractivity contribution in [1.29, 1.82) is 0 Å². The maximum absolute atomic E-state index is 4.29. The van der Waals surface area contributed by atoms with Gasteiger partial charge in [0.15, 0.2) is 0 Å². The van der Waals surface area contributed by atoms with Crippen molar-refractivity contribution in [2.45, 2.75) is 25.4 Å². The number of hydrogen-bond donors (Lipinski definition) is 0. The van der Waals surface area contributed by atoms with Crippen molar-refractivity contribution in [1.82, 2.24) is 9.88 Å². The largest absolute Gasteiger partial charge is 0.358 e. The Morgan fingerprint density at radius 1 is 1.44 bits per heavy atom. The summed E-state index contributed by atoms with van der Waals surface area (Å²) in [4.78, 5) is 8.95. The Bertz CT molecular complexity index is 494. The molecule has 3 heteroatoms. The Labute approximate surface area is 108 Å². The highest BCUT2D eigenvalue weighted by Crippen LogP contribution is 2.45. The van der Waals surface area contributed by atoms with Gasteiger partial charge in [-0.1, -0.05) is 13.0 Å². The summed E-state index contributed by atoms with van der Waals surface area (Å²) < 4.78 is 0. The maximum Gasteiger partial charge on any atom is 0.109 e. The number of pyridine rings is 1. The first-order valence-corrected chi connectivity index (χ1v) is 6.47. The van der Waals surface area contributed by atoms with Gasteiger partial charge in [-0.15, -0.1) is 6.58 Å². The Morgan fingerprint density at radius 2 is 2.28 bits per heavy atom. The summed E-state index contributed by atoms with van der Waals surface area (Å²) >= 11 is 0. The minimum Gasteiger partial charge on any atom is -0.358 e. The lowest BCUT2D eigenvalue weighted by molar-refractivity contribution is 0.220. The molecule has 3 heterocycles. The van der Waals surface area contributed by atoms with Crippen LogP contribution in [0.4, 0.5) is 5.69 Å². The molecule has 94 valence electrons. The number of anilines is 1. The molecule has 1 aromatic rings. The van der Waals surface area contributed by atoms with Gasteiger partial charge in [0.25, 0.3) is 0 Å². The fourth-order valence-corrected chi connectivity index (χ4v) is 3.27. The van der Waals surface area contributed by atoms with Crippen molar-refractivity contribution >= 4 is 5.69 Å². The number of fused-ring (bicyclic) bond motifs is 3. The summed E-state index contributed by atoms with van der Waals surface area (Å²) in [7, 11) is 2.15. The lowest BCUT2D eigenvalue weighted by atomic mass is 9.79. The quantitative estimate of drug-likeness (QED) is 0.742. The Balaban J connectivity index is 2.09. The first kappa shape index (κ1) is 11.3. The van der Waals surface area contributed by atoms with Crippen LogP contribution in [0.15, 0.2) is 43.5 Å². The smallest absolute Gasteiger partial charge is 0.109 e. The van der Waals surface area contributed by atoms with Crippen molar-refractivity contribution in [3.8, 4) is 0 Å². The summed E-state index contributed by atoms with van der Waals surface area (Å²) in [6.07, 6.45) is 11.7. The van der Waals surface area contributed by atoms with Crippen LogP contribution in [-0.2, 0) is 0 Å². The molecule has 0 N–H and O–H groups in total. The van der Waals surface area contributed by atoms with Gasteiger partial charge < -0.3 is 9.80 Å². The molecule has 0 fully saturated rings. The van der Waals surface area contributed by atoms with Gasteiger partial charge in [-0.2, -0.15) is 0 Å². The third-order valence-electron chi connectivity index (χ3n) is 4.23. The third kappa shape index (κ3) is 1.47. The summed E-state index contributed by atoms with van der Waals surface area (Å²) in [6.45, 7) is 6.22. The average Bonchev–Trinajstić information content (AvgIpc) is 2.77. The zero-order chi connectivity index (χ0) is 12.7. The molecule has 0 amide bonds. The van der Waals surface area contributed by atoms with E-state index < -0.39 is 0 Å². The van der Waals surface area contributed by atoms with E-state index in [4.69, 9.17) is 0 Å². The van der Waals surface area contributed by atoms with E-state index in [-0.39, 0.29) is 0 Å². The number of aromatic nitrogens is 1. The first-order valence-electron chi connectivity index (χ1n) is 6.47. The van der Waals surface area contributed by atoms with Gasteiger partial charge in [-0.25, -0.2) is 0 Å². The zero-order valence-electron chi connectivity index (χ0n) is 11.0. The summed E-state index contributed by atoms with van der Waals surface area (Å²) in [5.74, 6) is 1.06. The summed E-state index contributed by atoms with van der Waals surface area (Å²) in [5.41, 5.74) is 2.64. The second kappa shape index (κ2) is 4.16. The molecular weight excluding hydrogens is 222 g/mol. The van der Waals surface area contributed by atoms with E-state index in [2.05, 4.69) is 53.8 Å². The normalized spacial score (nSPS) is 29.1. The molecule has 0 bridgehead atoms. The molecule has 0 aliphatic carbocycles. The first-order chi connectivity index (χ1) is 8.74. The van der Waals surface area contributed by atoms with Gasteiger partial charge in [-0.3, -0.25) is 4.98 Å². The molecule has 0 spiro atoms. The Kier molecular flexibility index (Phi) is 2.62. The van der Waals surface area contributed by atoms with E-state index in [1.54, 1.807) is 0 Å². The molecule has 0 saturated carbocycles. The molecule has 3 unspecified atom stereocenters. The number of rotatable bonds is 2. The third-order valence-corrected chi connectivity index (χ3v) is 4.23. The minimum atomic E-state index is 0.410. The lowest BCUT2D eigenvalue weighted by Crippen LogP contribution is -2.48. The fraction of sp³-hybridized carbons (Fsp3) is 0.400. The highest BCUT2D eigenvalue weighted by Gasteiger charge is 2.41. The molecule has 0 saturated heterocycles. The maximum atomic E-state index is 4.29. The molecule has 3 rings (SSSR count). The van der Waals surface area contributed by atoms with Crippen LogP contribution in [-0.4, -0.2) is 23.1 Å². The molecule has 3 atom stereocenters. The molecule has 0 aromatic carbocycles. The molecule has 2 aliphatic heterocycles. The van der Waals surface area contributed by atoms with Crippen LogP contribution < -0.4 is 4.90 Å². The summed E-state index contributed by atoms with van der Waals surface area (Å²) in [5, 5.41) is 0. The Hall–Kier alpha value is -1.77. The van der Waals surface area contributed by atoms with Crippen LogP contribution in [0.2, 0.25) is 0 Å². The van der Waals surface area contributed by atoms with Crippen LogP contribution in [0.1, 0.15) is 24.8 Å². The lowest BCUT2D eigenvalue weighted by Gasteiger charge is -2.44. The van der Waals surface area contributed by atoms with Gasteiger partial charge in [0, 0.05) is 43.4 Å². The summed E-state index contributed by atoms with van der Waals surface area (Å²) in [6, 6.07) is 2.12. The Morgan fingerprint density at radius 3 is 3.06 bits per heavy atom. The second-order valence-corrected chi connectivity index (χ2v) is 5.20. The van der Waals surface area contributed by atoms with Crippen molar-refractivity contribution in [2.24, 2.45) is 5.92 Å². The molecule has 1 aromatic heterocycles. The standard InChI is InChI=1S/C15H19N3/c1-4-5-12-11(2)13-10-16-7-6-14(13)18-9-8-17(3)15(12)18/h4,6-12,15H,1,5H2,2-3H3. The van der Waals surface area contributed by atoms with Crippen LogP contribution in [0.5, 0.6) is 0 Å². The SMILES string of the molecule is C=CCC1C(C)c2cnccc2N2C=CN(C)C12. The average molecular weight is 241 g/mol. The van der Waals surface area contributed by atoms with Crippen LogP contribution in [0.25, 0.3) is 0 Å². The monoisotopic (exact) mass is 241 g/mol.